The summed E-state index contributed by atoms with van der Waals surface area (Å²) in [7, 11) is 0. The summed E-state index contributed by atoms with van der Waals surface area (Å²) < 4.78 is 37.6. The second kappa shape index (κ2) is 4.92. The van der Waals surface area contributed by atoms with Crippen LogP contribution in [0.3, 0.4) is 0 Å². The zero-order valence-corrected chi connectivity index (χ0v) is 9.98. The van der Waals surface area contributed by atoms with Crippen LogP contribution in [0.4, 0.5) is 13.2 Å². The van der Waals surface area contributed by atoms with Gasteiger partial charge in [0.15, 0.2) is 0 Å². The van der Waals surface area contributed by atoms with Gasteiger partial charge in [0.1, 0.15) is 0 Å². The summed E-state index contributed by atoms with van der Waals surface area (Å²) >= 11 is 0. The number of hydrogen-bond donors (Lipinski definition) is 1. The van der Waals surface area contributed by atoms with Gasteiger partial charge in [0.2, 0.25) is 0 Å². The first-order valence-corrected chi connectivity index (χ1v) is 5.74. The molecule has 2 N–H and O–H groups in total. The van der Waals surface area contributed by atoms with Crippen LogP contribution in [-0.4, -0.2) is 37.3 Å². The van der Waals surface area contributed by atoms with Gasteiger partial charge in [-0.2, -0.15) is 13.2 Å². The lowest BCUT2D eigenvalue weighted by molar-refractivity contribution is -0.177. The second-order valence-electron chi connectivity index (χ2n) is 5.44. The monoisotopic (exact) mass is 238 g/mol. The molecule has 0 spiro atoms. The first-order valence-electron chi connectivity index (χ1n) is 5.74. The Bertz CT molecular complexity index is 216. The highest BCUT2D eigenvalue weighted by Crippen LogP contribution is 2.32. The lowest BCUT2D eigenvalue weighted by atomic mass is 9.82. The lowest BCUT2D eigenvalue weighted by Gasteiger charge is -2.38. The third kappa shape index (κ3) is 3.94. The number of nitrogens with two attached hydrogens (primary N) is 1. The zero-order chi connectivity index (χ0) is 12.4. The summed E-state index contributed by atoms with van der Waals surface area (Å²) in [4.78, 5) is 1.89. The average Bonchev–Trinajstić information content (AvgIpc) is 2.14. The Kier molecular flexibility index (Phi) is 4.23. The molecule has 0 aromatic heterocycles. The van der Waals surface area contributed by atoms with Crippen LogP contribution >= 0.6 is 0 Å². The molecular formula is C11H21F3N2. The Morgan fingerprint density at radius 1 is 1.25 bits per heavy atom. The normalized spacial score (nSPS) is 24.4. The summed E-state index contributed by atoms with van der Waals surface area (Å²) in [5.74, 6) is -1.38. The Balaban J connectivity index is 2.43. The number of halogens is 3. The van der Waals surface area contributed by atoms with Gasteiger partial charge in [-0.25, -0.2) is 0 Å². The van der Waals surface area contributed by atoms with Gasteiger partial charge in [0.05, 0.1) is 5.92 Å². The number of rotatable bonds is 3. The molecule has 0 radical (unpaired) electrons. The van der Waals surface area contributed by atoms with Crippen LogP contribution < -0.4 is 5.73 Å². The van der Waals surface area contributed by atoms with Crippen LogP contribution in [0, 0.1) is 11.3 Å². The van der Waals surface area contributed by atoms with Crippen molar-refractivity contribution >= 4 is 0 Å². The molecule has 1 fully saturated rings. The second-order valence-corrected chi connectivity index (χ2v) is 5.44. The van der Waals surface area contributed by atoms with Crippen LogP contribution in [0.15, 0.2) is 0 Å². The van der Waals surface area contributed by atoms with E-state index >= 15 is 0 Å². The van der Waals surface area contributed by atoms with E-state index in [-0.39, 0.29) is 18.5 Å². The summed E-state index contributed by atoms with van der Waals surface area (Å²) in [6.07, 6.45) is -2.24. The number of piperidine rings is 1. The van der Waals surface area contributed by atoms with Gasteiger partial charge in [0.25, 0.3) is 0 Å². The third-order valence-corrected chi connectivity index (χ3v) is 3.44. The Morgan fingerprint density at radius 2 is 1.75 bits per heavy atom. The number of likely N-dealkylation sites (tertiary alicyclic amines) is 1. The molecule has 0 bridgehead atoms. The molecule has 1 saturated heterocycles. The van der Waals surface area contributed by atoms with Crippen molar-refractivity contribution < 1.29 is 13.2 Å². The van der Waals surface area contributed by atoms with Gasteiger partial charge in [-0.3, -0.25) is 0 Å². The predicted octanol–water partition coefficient (Wildman–Crippen LogP) is 2.25. The maximum absolute atomic E-state index is 12.5. The summed E-state index contributed by atoms with van der Waals surface area (Å²) in [5, 5.41) is 0. The van der Waals surface area contributed by atoms with E-state index in [0.717, 1.165) is 25.9 Å². The summed E-state index contributed by atoms with van der Waals surface area (Å²) in [6, 6.07) is 0. The first kappa shape index (κ1) is 13.8. The molecule has 96 valence electrons. The smallest absolute Gasteiger partial charge is 0.330 e. The van der Waals surface area contributed by atoms with Crippen molar-refractivity contribution in [1.29, 1.82) is 0 Å². The molecular weight excluding hydrogens is 217 g/mol. The van der Waals surface area contributed by atoms with Crippen molar-refractivity contribution in [3.8, 4) is 0 Å². The van der Waals surface area contributed by atoms with Crippen LogP contribution in [-0.2, 0) is 0 Å². The van der Waals surface area contributed by atoms with E-state index in [9.17, 15) is 13.2 Å². The van der Waals surface area contributed by atoms with Crippen molar-refractivity contribution in [3.05, 3.63) is 0 Å². The maximum Gasteiger partial charge on any atom is 0.394 e. The quantitative estimate of drug-likeness (QED) is 0.817. The van der Waals surface area contributed by atoms with E-state index in [1.54, 1.807) is 0 Å². The highest BCUT2D eigenvalue weighted by atomic mass is 19.4. The molecule has 2 nitrogen and oxygen atoms in total. The molecule has 1 rings (SSSR count). The fourth-order valence-electron chi connectivity index (χ4n) is 1.96. The van der Waals surface area contributed by atoms with E-state index in [1.807, 2.05) is 4.90 Å². The SMILES string of the molecule is CC1(C)CCN(CC(CN)C(F)(F)F)CC1. The van der Waals surface area contributed by atoms with Crippen molar-refractivity contribution in [3.63, 3.8) is 0 Å². The minimum absolute atomic E-state index is 0.0517. The molecule has 0 aromatic rings. The van der Waals surface area contributed by atoms with E-state index in [0.29, 0.717) is 0 Å². The zero-order valence-electron chi connectivity index (χ0n) is 9.98. The average molecular weight is 238 g/mol. The lowest BCUT2D eigenvalue weighted by Crippen LogP contribution is -2.45. The van der Waals surface area contributed by atoms with E-state index < -0.39 is 12.1 Å². The molecule has 0 aromatic carbocycles. The fourth-order valence-corrected chi connectivity index (χ4v) is 1.96. The van der Waals surface area contributed by atoms with Gasteiger partial charge in [0, 0.05) is 13.1 Å². The van der Waals surface area contributed by atoms with Crippen LogP contribution in [0.1, 0.15) is 26.7 Å². The van der Waals surface area contributed by atoms with Gasteiger partial charge in [-0.1, -0.05) is 13.8 Å². The number of alkyl halides is 3. The summed E-state index contributed by atoms with van der Waals surface area (Å²) in [5.41, 5.74) is 5.45. The Labute approximate surface area is 95.0 Å². The van der Waals surface area contributed by atoms with Crippen molar-refractivity contribution in [2.75, 3.05) is 26.2 Å². The number of nitrogens with zero attached hydrogens (tertiary/aromatic N) is 1. The number of hydrogen-bond acceptors (Lipinski definition) is 2. The molecule has 1 aliphatic rings. The molecule has 16 heavy (non-hydrogen) atoms. The van der Waals surface area contributed by atoms with E-state index in [1.165, 1.54) is 0 Å². The molecule has 1 heterocycles. The first-order chi connectivity index (χ1) is 7.24. The van der Waals surface area contributed by atoms with Crippen LogP contribution in [0.25, 0.3) is 0 Å². The fraction of sp³-hybridized carbons (Fsp3) is 1.00. The van der Waals surface area contributed by atoms with Crippen LogP contribution in [0.5, 0.6) is 0 Å². The van der Waals surface area contributed by atoms with Crippen molar-refractivity contribution in [2.45, 2.75) is 32.9 Å². The summed E-state index contributed by atoms with van der Waals surface area (Å²) in [6.45, 7) is 5.56. The highest BCUT2D eigenvalue weighted by Gasteiger charge is 2.40. The molecule has 0 saturated carbocycles. The topological polar surface area (TPSA) is 29.3 Å². The molecule has 5 heteroatoms. The van der Waals surface area contributed by atoms with Crippen LogP contribution in [0.2, 0.25) is 0 Å². The molecule has 0 amide bonds. The Hall–Kier alpha value is -0.290. The minimum Gasteiger partial charge on any atom is -0.330 e. The largest absolute Gasteiger partial charge is 0.394 e. The standard InChI is InChI=1S/C11H21F3N2/c1-10(2)3-5-16(6-4-10)8-9(7-15)11(12,13)14/h9H,3-8,15H2,1-2H3. The van der Waals surface area contributed by atoms with Gasteiger partial charge >= 0.3 is 6.18 Å². The molecule has 1 aliphatic heterocycles. The minimum atomic E-state index is -4.16. The van der Waals surface area contributed by atoms with Crippen molar-refractivity contribution in [2.24, 2.45) is 17.1 Å². The molecule has 1 unspecified atom stereocenters. The maximum atomic E-state index is 12.5. The van der Waals surface area contributed by atoms with E-state index in [2.05, 4.69) is 13.8 Å². The molecule has 1 atom stereocenters. The Morgan fingerprint density at radius 3 is 2.12 bits per heavy atom. The van der Waals surface area contributed by atoms with Crippen molar-refractivity contribution in [1.82, 2.24) is 4.90 Å². The molecule has 0 aliphatic carbocycles. The van der Waals surface area contributed by atoms with Gasteiger partial charge in [-0.15, -0.1) is 0 Å². The van der Waals surface area contributed by atoms with Gasteiger partial charge < -0.3 is 10.6 Å². The third-order valence-electron chi connectivity index (χ3n) is 3.44. The van der Waals surface area contributed by atoms with E-state index in [4.69, 9.17) is 5.73 Å². The highest BCUT2D eigenvalue weighted by molar-refractivity contribution is 4.81. The van der Waals surface area contributed by atoms with Gasteiger partial charge in [-0.05, 0) is 31.3 Å². The predicted molar refractivity (Wildman–Crippen MR) is 58.1 cm³/mol.